The van der Waals surface area contributed by atoms with Crippen molar-refractivity contribution in [2.24, 2.45) is 21.9 Å². The van der Waals surface area contributed by atoms with E-state index in [-0.39, 0.29) is 55.6 Å². The van der Waals surface area contributed by atoms with Gasteiger partial charge in [0.2, 0.25) is 11.8 Å². The summed E-state index contributed by atoms with van der Waals surface area (Å²) in [5.41, 5.74) is 2.40. The smallest absolute Gasteiger partial charge is 0.248 e. The van der Waals surface area contributed by atoms with Crippen molar-refractivity contribution >= 4 is 29.5 Å². The first-order valence-corrected chi connectivity index (χ1v) is 28.5. The molecule has 1 aliphatic heterocycles. The van der Waals surface area contributed by atoms with Gasteiger partial charge in [-0.1, -0.05) is 37.3 Å². The fourth-order valence-electron chi connectivity index (χ4n) is 9.56. The topological polar surface area (TPSA) is 217 Å². The lowest BCUT2D eigenvalue weighted by Gasteiger charge is -2.36. The summed E-state index contributed by atoms with van der Waals surface area (Å²) in [5.74, 6) is 3.67. The van der Waals surface area contributed by atoms with Crippen molar-refractivity contribution < 1.29 is 56.2 Å². The zero-order valence-electron chi connectivity index (χ0n) is 47.3. The Balaban J connectivity index is 1.02. The van der Waals surface area contributed by atoms with Gasteiger partial charge in [-0.25, -0.2) is 8.78 Å². The Labute approximate surface area is 463 Å². The van der Waals surface area contributed by atoms with E-state index in [9.17, 15) is 19.0 Å². The Kier molecular flexibility index (Phi) is 33.7. The molecule has 1 saturated carbocycles. The average Bonchev–Trinajstić information content (AvgIpc) is 3.78. The van der Waals surface area contributed by atoms with E-state index in [2.05, 4.69) is 41.1 Å². The summed E-state index contributed by atoms with van der Waals surface area (Å²) in [6, 6.07) is 17.6. The van der Waals surface area contributed by atoms with E-state index in [0.29, 0.717) is 154 Å². The van der Waals surface area contributed by atoms with Gasteiger partial charge in [0.05, 0.1) is 130 Å². The van der Waals surface area contributed by atoms with E-state index < -0.39 is 11.8 Å². The number of rotatable bonds is 43. The van der Waals surface area contributed by atoms with Gasteiger partial charge in [0.15, 0.2) is 0 Å². The van der Waals surface area contributed by atoms with Crippen LogP contribution in [-0.4, -0.2) is 189 Å². The molecule has 0 bridgehead atoms. The number of amidine groups is 2. The SMILES string of the molecule is CCCOCCOCCOCCOCCOCCOCCOCCOCCN=C/C(CCCCOc1ccc(C(=N)N(C(C)=N)C(C)CC2CCC(C)N2CCC(NC(=O)C2CCC(F)(F)CC2)c2ccccc2)cc1)=N\N. The number of likely N-dealkylation sites (tertiary alicyclic amines) is 1. The Morgan fingerprint density at radius 1 is 0.769 bits per heavy atom. The molecule has 4 rings (SSSR count). The number of unbranched alkanes of at least 4 members (excludes halogenated alkanes) is 1. The van der Waals surface area contributed by atoms with Crippen molar-refractivity contribution in [2.75, 3.05) is 125 Å². The molecule has 4 atom stereocenters. The van der Waals surface area contributed by atoms with Crippen molar-refractivity contribution in [1.82, 2.24) is 15.1 Å². The Morgan fingerprint density at radius 2 is 1.31 bits per heavy atom. The minimum absolute atomic E-state index is 0.119. The zero-order valence-corrected chi connectivity index (χ0v) is 47.3. The minimum Gasteiger partial charge on any atom is -0.494 e. The third kappa shape index (κ3) is 27.1. The van der Waals surface area contributed by atoms with Crippen LogP contribution in [0.15, 0.2) is 64.7 Å². The van der Waals surface area contributed by atoms with E-state index >= 15 is 0 Å². The molecule has 18 nitrogen and oxygen atoms in total. The predicted octanol–water partition coefficient (Wildman–Crippen LogP) is 8.49. The van der Waals surface area contributed by atoms with Crippen LogP contribution in [-0.2, 0) is 42.7 Å². The number of nitrogens with two attached hydrogens (primary N) is 1. The Morgan fingerprint density at radius 3 is 1.83 bits per heavy atom. The first-order chi connectivity index (χ1) is 37.9. The van der Waals surface area contributed by atoms with Gasteiger partial charge in [0.25, 0.3) is 0 Å². The number of hydrogen-bond acceptors (Lipinski definition) is 16. The third-order valence-electron chi connectivity index (χ3n) is 13.8. The van der Waals surface area contributed by atoms with E-state index in [1.807, 2.05) is 54.6 Å². The summed E-state index contributed by atoms with van der Waals surface area (Å²) in [4.78, 5) is 22.1. The van der Waals surface area contributed by atoms with E-state index in [4.69, 9.17) is 53.9 Å². The van der Waals surface area contributed by atoms with E-state index in [1.165, 1.54) is 0 Å². The van der Waals surface area contributed by atoms with Crippen LogP contribution in [0.2, 0.25) is 0 Å². The maximum atomic E-state index is 13.9. The molecule has 20 heteroatoms. The van der Waals surface area contributed by atoms with Gasteiger partial charge in [-0.15, -0.1) is 0 Å². The summed E-state index contributed by atoms with van der Waals surface area (Å²) in [7, 11) is 0. The number of benzene rings is 2. The number of carbonyl (C=O) groups excluding carboxylic acids is 1. The first-order valence-electron chi connectivity index (χ1n) is 28.5. The molecule has 0 radical (unpaired) electrons. The molecule has 0 aromatic heterocycles. The summed E-state index contributed by atoms with van der Waals surface area (Å²) in [6.07, 6.45) is 8.34. The monoisotopic (exact) mass is 1100 g/mol. The van der Waals surface area contributed by atoms with Crippen molar-refractivity contribution in [3.8, 4) is 5.75 Å². The maximum absolute atomic E-state index is 13.9. The highest BCUT2D eigenvalue weighted by Gasteiger charge is 2.38. The molecular weight excluding hydrogens is 1010 g/mol. The lowest BCUT2D eigenvalue weighted by molar-refractivity contribution is -0.130. The number of hydrazone groups is 1. The molecule has 2 aliphatic rings. The second kappa shape index (κ2) is 39.8. The lowest BCUT2D eigenvalue weighted by Crippen LogP contribution is -2.46. The molecule has 5 N–H and O–H groups in total. The highest BCUT2D eigenvalue weighted by molar-refractivity contribution is 6.30. The van der Waals surface area contributed by atoms with Crippen LogP contribution in [0.5, 0.6) is 5.75 Å². The molecule has 1 aliphatic carbocycles. The van der Waals surface area contributed by atoms with Crippen molar-refractivity contribution in [3.63, 3.8) is 0 Å². The van der Waals surface area contributed by atoms with Gasteiger partial charge in [-0.2, -0.15) is 5.10 Å². The predicted molar refractivity (Wildman–Crippen MR) is 302 cm³/mol. The van der Waals surface area contributed by atoms with Gasteiger partial charge >= 0.3 is 0 Å². The number of alkyl halides is 2. The average molecular weight is 1100 g/mol. The van der Waals surface area contributed by atoms with Gasteiger partial charge in [-0.05, 0) is 115 Å². The maximum Gasteiger partial charge on any atom is 0.248 e. The van der Waals surface area contributed by atoms with Gasteiger partial charge in [0, 0.05) is 61.8 Å². The minimum atomic E-state index is -2.69. The number of amides is 1. The molecular formula is C58H94F2N8O10. The second-order valence-corrected chi connectivity index (χ2v) is 20.0. The lowest BCUT2D eigenvalue weighted by atomic mass is 9.86. The summed E-state index contributed by atoms with van der Waals surface area (Å²) in [5, 5.41) is 25.0. The molecule has 2 aromatic carbocycles. The third-order valence-corrected chi connectivity index (χ3v) is 13.8. The second-order valence-electron chi connectivity index (χ2n) is 20.0. The van der Waals surface area contributed by atoms with Crippen LogP contribution >= 0.6 is 0 Å². The number of nitrogens with zero attached hydrogens (tertiary/aromatic N) is 4. The number of nitrogens with one attached hydrogen (secondary N) is 3. The van der Waals surface area contributed by atoms with Gasteiger partial charge in [-0.3, -0.25) is 25.5 Å². The molecule has 78 heavy (non-hydrogen) atoms. The zero-order chi connectivity index (χ0) is 56.1. The molecule has 0 spiro atoms. The van der Waals surface area contributed by atoms with E-state index in [1.54, 1.807) is 18.0 Å². The van der Waals surface area contributed by atoms with Crippen molar-refractivity contribution in [2.45, 2.75) is 135 Å². The molecule has 2 aromatic rings. The number of ether oxygens (including phenoxy) is 9. The molecule has 2 fully saturated rings. The normalized spacial score (nSPS) is 17.8. The number of hydrogen-bond donors (Lipinski definition) is 4. The number of carbonyl (C=O) groups is 1. The summed E-state index contributed by atoms with van der Waals surface area (Å²) < 4.78 is 77.8. The Bertz CT molecular complexity index is 1980. The van der Waals surface area contributed by atoms with Crippen molar-refractivity contribution in [1.29, 1.82) is 10.8 Å². The fraction of sp³-hybridized carbons (Fsp3) is 0.707. The highest BCUT2D eigenvalue weighted by Crippen LogP contribution is 2.37. The quantitative estimate of drug-likeness (QED) is 0.0161. The van der Waals surface area contributed by atoms with Crippen molar-refractivity contribution in [3.05, 3.63) is 65.7 Å². The number of halogens is 2. The van der Waals surface area contributed by atoms with Crippen LogP contribution in [0.1, 0.15) is 122 Å². The van der Waals surface area contributed by atoms with Crippen LogP contribution < -0.4 is 15.9 Å². The highest BCUT2D eigenvalue weighted by atomic mass is 19.3. The molecule has 1 heterocycles. The molecule has 440 valence electrons. The van der Waals surface area contributed by atoms with Crippen LogP contribution in [0, 0.1) is 16.7 Å². The molecule has 1 amide bonds. The first kappa shape index (κ1) is 66.0. The molecule has 4 unspecified atom stereocenters. The summed E-state index contributed by atoms with van der Waals surface area (Å²) >= 11 is 0. The van der Waals surface area contributed by atoms with E-state index in [0.717, 1.165) is 57.2 Å². The summed E-state index contributed by atoms with van der Waals surface area (Å²) in [6.45, 7) is 18.2. The number of aliphatic imine (C=N–C) groups is 1. The Hall–Kier alpha value is -4.51. The van der Waals surface area contributed by atoms with Gasteiger partial charge in [0.1, 0.15) is 11.6 Å². The molecule has 1 saturated heterocycles. The van der Waals surface area contributed by atoms with Crippen LogP contribution in [0.4, 0.5) is 8.78 Å². The van der Waals surface area contributed by atoms with Gasteiger partial charge < -0.3 is 58.7 Å². The standard InChI is InChI=1S/C58H94F2N8O10/c1-5-27-70-30-32-72-34-36-74-38-40-76-42-43-77-41-39-75-37-35-73-33-31-71-29-25-64-45-52(66-63)13-9-10-28-78-54-18-15-50(16-19-54)56(62)68(48(4)61)47(3)44-53-17-14-46(2)67(53)26-22-55(49-11-7-6-8-12-49)65-57(69)51-20-23-58(59,60)24-21-51/h6-8,11-12,15-16,18-19,45-47,51,53,55,61-62H,5,9-10,13-14,17,20-44,63H2,1-4H3,(H,65,69)/b61-48?,62-56?,64-45?,66-52-. The fourth-order valence-corrected chi connectivity index (χ4v) is 9.56. The van der Waals surface area contributed by atoms with Crippen LogP contribution in [0.25, 0.3) is 0 Å². The largest absolute Gasteiger partial charge is 0.494 e. The van der Waals surface area contributed by atoms with Crippen LogP contribution in [0.3, 0.4) is 0 Å².